The van der Waals surface area contributed by atoms with E-state index in [1.54, 1.807) is 19.1 Å². The Balaban J connectivity index is 1.42. The van der Waals surface area contributed by atoms with E-state index in [4.69, 9.17) is 0 Å². The van der Waals surface area contributed by atoms with Crippen LogP contribution in [0.15, 0.2) is 72.8 Å². The van der Waals surface area contributed by atoms with E-state index in [0.717, 1.165) is 6.42 Å². The molecule has 308 valence electrons. The molecule has 0 aliphatic heterocycles. The molecule has 0 aliphatic rings. The number of nitrogens with one attached hydrogen (secondary N) is 5. The van der Waals surface area contributed by atoms with Gasteiger partial charge < -0.3 is 62.2 Å². The van der Waals surface area contributed by atoms with Crippen molar-refractivity contribution >= 4 is 34.1 Å². The molecule has 0 saturated heterocycles. The summed E-state index contributed by atoms with van der Waals surface area (Å²) in [6, 6.07) is 15.3. The second-order valence-electron chi connectivity index (χ2n) is 13.8. The summed E-state index contributed by atoms with van der Waals surface area (Å²) in [7, 11) is 0. The number of nitro benzene ring substituents is 1. The van der Waals surface area contributed by atoms with Crippen LogP contribution in [0.5, 0.6) is 46.0 Å². The number of aryl methyl sites for hydroxylation is 1. The normalized spacial score (nSPS) is 12.6. The highest BCUT2D eigenvalue weighted by Gasteiger charge is 2.27. The third-order valence-corrected chi connectivity index (χ3v) is 10.0. The van der Waals surface area contributed by atoms with Gasteiger partial charge in [0.15, 0.2) is 0 Å². The Morgan fingerprint density at radius 1 is 0.534 bits per heavy atom. The van der Waals surface area contributed by atoms with E-state index in [1.165, 1.54) is 60.7 Å². The van der Waals surface area contributed by atoms with Crippen LogP contribution in [0.25, 0.3) is 0 Å². The zero-order chi connectivity index (χ0) is 42.3. The smallest absolute Gasteiger partial charge is 0.271 e. The number of anilines is 5. The minimum atomic E-state index is -0.733. The first-order valence-electron chi connectivity index (χ1n) is 19.0. The van der Waals surface area contributed by atoms with Gasteiger partial charge in [0, 0.05) is 28.8 Å². The van der Waals surface area contributed by atoms with Gasteiger partial charge in [-0.15, -0.1) is 0 Å². The number of non-ortho nitro benzene ring substituents is 1. The fourth-order valence-corrected chi connectivity index (χ4v) is 6.83. The number of phenols is 8. The van der Waals surface area contributed by atoms with Crippen molar-refractivity contribution in [3.05, 3.63) is 105 Å². The maximum absolute atomic E-state index is 11.7. The highest BCUT2D eigenvalue weighted by Crippen LogP contribution is 2.48. The zero-order valence-electron chi connectivity index (χ0n) is 32.5. The van der Waals surface area contributed by atoms with Crippen molar-refractivity contribution in [1.29, 1.82) is 0 Å². The average molecular weight is 799 g/mol. The molecule has 0 radical (unpaired) electrons. The first-order valence-corrected chi connectivity index (χ1v) is 19.0. The van der Waals surface area contributed by atoms with Gasteiger partial charge >= 0.3 is 0 Å². The van der Waals surface area contributed by atoms with Crippen molar-refractivity contribution < 1.29 is 45.8 Å². The number of phenolic OH excluding ortho intramolecular Hbond substituents is 8. The van der Waals surface area contributed by atoms with E-state index in [0.29, 0.717) is 42.4 Å². The summed E-state index contributed by atoms with van der Waals surface area (Å²) in [5.74, 6) is -2.17. The van der Waals surface area contributed by atoms with Crippen LogP contribution < -0.4 is 26.8 Å². The van der Waals surface area contributed by atoms with Crippen molar-refractivity contribution in [3.63, 3.8) is 0 Å². The van der Waals surface area contributed by atoms with Crippen molar-refractivity contribution in [2.75, 3.05) is 26.8 Å². The molecule has 5 rings (SSSR count). The number of hydrogen-bond donors (Lipinski definition) is 13. The number of benzene rings is 5. The maximum atomic E-state index is 11.7. The lowest BCUT2D eigenvalue weighted by Crippen LogP contribution is -2.15. The SMILES string of the molecule is CCCc1ccc(O)c(NC(CC)c2ccc(O)c(NC(CC)c3ccc(O)c(NC(CC)c4ccc(O)c(NNc5cccc([N+](=O)[O-])c5)c4O)c3O)c2O)c1O. The third-order valence-electron chi connectivity index (χ3n) is 10.0. The Hall–Kier alpha value is -7.10. The topological polar surface area (TPSA) is 265 Å². The molecule has 0 amide bonds. The van der Waals surface area contributed by atoms with Crippen LogP contribution >= 0.6 is 0 Å². The minimum absolute atomic E-state index is 0.0287. The highest BCUT2D eigenvalue weighted by molar-refractivity contribution is 5.75. The fraction of sp³-hybridized carbons (Fsp3) is 0.286. The molecule has 5 aromatic rings. The van der Waals surface area contributed by atoms with Gasteiger partial charge in [0.05, 0.1) is 28.7 Å². The standard InChI is InChI=1S/C42H50N6O10/c1-5-10-22-13-17-31(49)35(39(22)53)43-28(6-2)25-14-18-32(50)36(40(25)54)44-29(7-3)26-15-19-33(51)37(41(26)55)45-30(8-4)27-16-20-34(52)38(42(27)56)47-46-23-11-9-12-24(21-23)48(57)58/h9,11-21,28-30,43-47,49-56H,5-8,10H2,1-4H3. The number of hydrogen-bond acceptors (Lipinski definition) is 15. The monoisotopic (exact) mass is 798 g/mol. The van der Waals surface area contributed by atoms with E-state index in [9.17, 15) is 51.0 Å². The maximum Gasteiger partial charge on any atom is 0.271 e. The van der Waals surface area contributed by atoms with Gasteiger partial charge in [-0.05, 0) is 79.8 Å². The molecule has 16 nitrogen and oxygen atoms in total. The number of nitro groups is 1. The molecule has 0 spiro atoms. The summed E-state index contributed by atoms with van der Waals surface area (Å²) in [6.45, 7) is 7.45. The van der Waals surface area contributed by atoms with E-state index in [-0.39, 0.29) is 85.7 Å². The van der Waals surface area contributed by atoms with Crippen molar-refractivity contribution in [1.82, 2.24) is 0 Å². The number of nitrogens with zero attached hydrogens (tertiary/aromatic N) is 1. The summed E-state index contributed by atoms with van der Waals surface area (Å²) in [5, 5.41) is 109. The van der Waals surface area contributed by atoms with Crippen LogP contribution in [-0.2, 0) is 6.42 Å². The minimum Gasteiger partial charge on any atom is -0.506 e. The van der Waals surface area contributed by atoms with Crippen LogP contribution in [0.3, 0.4) is 0 Å². The van der Waals surface area contributed by atoms with Gasteiger partial charge in [-0.25, -0.2) is 0 Å². The predicted molar refractivity (Wildman–Crippen MR) is 223 cm³/mol. The summed E-state index contributed by atoms with van der Waals surface area (Å²) < 4.78 is 0. The molecule has 0 heterocycles. The van der Waals surface area contributed by atoms with E-state index < -0.39 is 23.0 Å². The molecule has 0 aliphatic carbocycles. The molecule has 0 fully saturated rings. The number of aromatic hydroxyl groups is 8. The van der Waals surface area contributed by atoms with Crippen molar-refractivity contribution in [2.45, 2.75) is 77.9 Å². The Labute approximate surface area is 335 Å². The van der Waals surface area contributed by atoms with Gasteiger partial charge in [0.2, 0.25) is 0 Å². The van der Waals surface area contributed by atoms with Crippen LogP contribution in [0.1, 0.15) is 93.8 Å². The zero-order valence-corrected chi connectivity index (χ0v) is 32.5. The van der Waals surface area contributed by atoms with Crippen LogP contribution in [-0.4, -0.2) is 45.8 Å². The molecule has 0 saturated carbocycles. The number of rotatable bonds is 18. The molecular weight excluding hydrogens is 748 g/mol. The lowest BCUT2D eigenvalue weighted by atomic mass is 9.97. The lowest BCUT2D eigenvalue weighted by molar-refractivity contribution is -0.384. The van der Waals surface area contributed by atoms with Gasteiger partial charge in [0.1, 0.15) is 68.7 Å². The Morgan fingerprint density at radius 2 is 0.948 bits per heavy atom. The summed E-state index contributed by atoms with van der Waals surface area (Å²) in [4.78, 5) is 10.6. The molecule has 58 heavy (non-hydrogen) atoms. The van der Waals surface area contributed by atoms with Gasteiger partial charge in [-0.3, -0.25) is 15.5 Å². The third kappa shape index (κ3) is 8.80. The molecule has 16 heteroatoms. The Morgan fingerprint density at radius 3 is 1.38 bits per heavy atom. The van der Waals surface area contributed by atoms with E-state index in [1.807, 2.05) is 20.8 Å². The van der Waals surface area contributed by atoms with Gasteiger partial charge in [-0.1, -0.05) is 46.2 Å². The van der Waals surface area contributed by atoms with Crippen LogP contribution in [0.2, 0.25) is 0 Å². The van der Waals surface area contributed by atoms with E-state index in [2.05, 4.69) is 26.8 Å². The molecule has 0 aromatic heterocycles. The van der Waals surface area contributed by atoms with Gasteiger partial charge in [-0.2, -0.15) is 0 Å². The number of hydrazine groups is 1. The Kier molecular flexibility index (Phi) is 13.2. The fourth-order valence-electron chi connectivity index (χ4n) is 6.83. The quantitative estimate of drug-likeness (QED) is 0.0224. The first-order chi connectivity index (χ1) is 27.7. The first kappa shape index (κ1) is 42.1. The van der Waals surface area contributed by atoms with Gasteiger partial charge in [0.25, 0.3) is 5.69 Å². The Bertz CT molecular complexity index is 2270. The molecule has 0 bridgehead atoms. The van der Waals surface area contributed by atoms with E-state index >= 15 is 0 Å². The molecular formula is C42H50N6O10. The van der Waals surface area contributed by atoms with Crippen molar-refractivity contribution in [3.8, 4) is 46.0 Å². The second-order valence-corrected chi connectivity index (χ2v) is 13.8. The molecule has 3 atom stereocenters. The largest absolute Gasteiger partial charge is 0.506 e. The van der Waals surface area contributed by atoms with Crippen LogP contribution in [0.4, 0.5) is 34.1 Å². The van der Waals surface area contributed by atoms with Crippen molar-refractivity contribution in [2.24, 2.45) is 0 Å². The highest BCUT2D eigenvalue weighted by atomic mass is 16.6. The average Bonchev–Trinajstić information content (AvgIpc) is 3.20. The molecule has 5 aromatic carbocycles. The summed E-state index contributed by atoms with van der Waals surface area (Å²) in [5.41, 5.74) is 7.06. The predicted octanol–water partition coefficient (Wildman–Crippen LogP) is 9.32. The summed E-state index contributed by atoms with van der Waals surface area (Å²) in [6.07, 6.45) is 2.46. The van der Waals surface area contributed by atoms with Crippen LogP contribution in [0, 0.1) is 10.1 Å². The summed E-state index contributed by atoms with van der Waals surface area (Å²) >= 11 is 0. The lowest BCUT2D eigenvalue weighted by Gasteiger charge is -2.27. The molecule has 13 N–H and O–H groups in total. The molecule has 3 unspecified atom stereocenters. The second kappa shape index (κ2) is 18.2.